The molecule has 1 fully saturated rings. The second-order valence-electron chi connectivity index (χ2n) is 9.05. The normalized spacial score (nSPS) is 28.6. The molecule has 0 spiro atoms. The summed E-state index contributed by atoms with van der Waals surface area (Å²) < 4.78 is 65.4. The molecule has 3 aliphatic heterocycles. The van der Waals surface area contributed by atoms with E-state index in [-0.39, 0.29) is 43.1 Å². The minimum absolute atomic E-state index is 0.00142. The summed E-state index contributed by atoms with van der Waals surface area (Å²) >= 11 is 0. The number of aliphatic imine (C=N–C) groups is 2. The van der Waals surface area contributed by atoms with Gasteiger partial charge in [-0.05, 0) is 24.1 Å². The van der Waals surface area contributed by atoms with Gasteiger partial charge in [0.1, 0.15) is 6.54 Å². The number of likely N-dealkylation sites (N-methyl/N-ethyl adjacent to an activating group) is 1. The molecule has 1 aromatic heterocycles. The maximum Gasteiger partial charge on any atom is 0.256 e. The van der Waals surface area contributed by atoms with Gasteiger partial charge in [-0.1, -0.05) is 17.3 Å². The molecular formula is C20H23F4N7O3S. The van der Waals surface area contributed by atoms with Gasteiger partial charge in [0, 0.05) is 13.0 Å². The van der Waals surface area contributed by atoms with Crippen molar-refractivity contribution < 1.29 is 29.6 Å². The van der Waals surface area contributed by atoms with Crippen LogP contribution in [0.5, 0.6) is 0 Å². The summed E-state index contributed by atoms with van der Waals surface area (Å²) in [5.41, 5.74) is 6.43. The molecule has 4 heterocycles. The van der Waals surface area contributed by atoms with E-state index in [4.69, 9.17) is 15.0 Å². The Balaban J connectivity index is 1.25. The van der Waals surface area contributed by atoms with Gasteiger partial charge in [0.15, 0.2) is 27.9 Å². The van der Waals surface area contributed by atoms with Crippen molar-refractivity contribution in [1.82, 2.24) is 19.9 Å². The van der Waals surface area contributed by atoms with Gasteiger partial charge in [-0.3, -0.25) is 9.69 Å². The van der Waals surface area contributed by atoms with Crippen LogP contribution in [0, 0.1) is 0 Å². The third-order valence-corrected chi connectivity index (χ3v) is 7.62. The van der Waals surface area contributed by atoms with Gasteiger partial charge in [-0.2, -0.15) is 4.98 Å². The first-order valence-corrected chi connectivity index (χ1v) is 13.1. The van der Waals surface area contributed by atoms with Crippen LogP contribution in [0.2, 0.25) is 0 Å². The van der Waals surface area contributed by atoms with Crippen LogP contribution in [0.4, 0.5) is 15.5 Å². The van der Waals surface area contributed by atoms with Crippen molar-refractivity contribution in [1.29, 1.82) is 0 Å². The van der Waals surface area contributed by atoms with E-state index < -0.39 is 33.0 Å². The third-order valence-electron chi connectivity index (χ3n) is 6.17. The van der Waals surface area contributed by atoms with Gasteiger partial charge in [-0.25, -0.2) is 9.98 Å². The van der Waals surface area contributed by atoms with Crippen molar-refractivity contribution in [2.75, 3.05) is 19.9 Å². The molecule has 2 unspecified atom stereocenters. The van der Waals surface area contributed by atoms with E-state index in [0.717, 1.165) is 12.1 Å². The van der Waals surface area contributed by atoms with Crippen molar-refractivity contribution in [3.8, 4) is 0 Å². The number of carbonyl (C=O) groups is 1. The molecule has 3 aliphatic rings. The quantitative estimate of drug-likeness (QED) is 0.605. The minimum Gasteiger partial charge on any atom is -0.373 e. The predicted octanol–water partition coefficient (Wildman–Crippen LogP) is 3.04. The Kier molecular flexibility index (Phi) is 4.82. The maximum atomic E-state index is 13.6. The molecule has 1 aromatic carbocycles. The van der Waals surface area contributed by atoms with Crippen molar-refractivity contribution in [3.05, 3.63) is 41.5 Å². The van der Waals surface area contributed by atoms with E-state index in [1.807, 2.05) is 0 Å². The van der Waals surface area contributed by atoms with Crippen molar-refractivity contribution >= 4 is 28.0 Å². The standard InChI is InChI=1S/C20H23F4N7O3S/c1-30-10-26-18-16(30)19(32)31(20(25)28-18)8-15-27-17(29-34-15)12-7-14(33-9-12)11-3-5-13(6-4-11)35(2,21,22,23)24/h3-6,10,12,14,16,18H,7-9H2,1-2H3,(H2,25,28)/t12-,14+,16?,18?/m0/s1. The van der Waals surface area contributed by atoms with E-state index in [0.29, 0.717) is 17.8 Å². The number of guanidine groups is 1. The van der Waals surface area contributed by atoms with Crippen LogP contribution in [0.3, 0.4) is 0 Å². The van der Waals surface area contributed by atoms with E-state index in [1.165, 1.54) is 23.4 Å². The summed E-state index contributed by atoms with van der Waals surface area (Å²) in [6.07, 6.45) is 0.528. The van der Waals surface area contributed by atoms with Crippen LogP contribution < -0.4 is 5.73 Å². The SMILES string of the molecule is CN1C=NC2N=C(N)N(Cc3nc([C@@H]4CO[C@@H](c5ccc(S(C)(F)(F)(F)F)cc5)C4)no3)C(=O)C21. The Bertz CT molecular complexity index is 1230. The number of hydrogen-bond donors (Lipinski definition) is 1. The van der Waals surface area contributed by atoms with Gasteiger partial charge >= 0.3 is 0 Å². The zero-order chi connectivity index (χ0) is 25.2. The number of fused-ring (bicyclic) bond motifs is 1. The number of hydrogen-bond acceptors (Lipinski definition) is 9. The van der Waals surface area contributed by atoms with Crippen LogP contribution in [0.1, 0.15) is 35.7 Å². The highest BCUT2D eigenvalue weighted by Crippen LogP contribution is 2.98. The average molecular weight is 518 g/mol. The van der Waals surface area contributed by atoms with Gasteiger partial charge < -0.3 is 19.9 Å². The summed E-state index contributed by atoms with van der Waals surface area (Å²) in [5, 5.41) is 3.97. The number of benzene rings is 1. The number of ether oxygens (including phenoxy) is 1. The third kappa shape index (κ3) is 4.45. The lowest BCUT2D eigenvalue weighted by atomic mass is 10.0. The van der Waals surface area contributed by atoms with Crippen LogP contribution in [-0.2, 0) is 16.1 Å². The Morgan fingerprint density at radius 3 is 2.60 bits per heavy atom. The summed E-state index contributed by atoms with van der Waals surface area (Å²) in [6, 6.07) is 3.31. The van der Waals surface area contributed by atoms with E-state index >= 15 is 0 Å². The summed E-state index contributed by atoms with van der Waals surface area (Å²) in [5.74, 6) is -0.0771. The Morgan fingerprint density at radius 1 is 1.20 bits per heavy atom. The monoisotopic (exact) mass is 517 g/mol. The fourth-order valence-electron chi connectivity index (χ4n) is 4.28. The Morgan fingerprint density at radius 2 is 1.91 bits per heavy atom. The number of rotatable bonds is 5. The van der Waals surface area contributed by atoms with Crippen molar-refractivity contribution in [2.24, 2.45) is 15.7 Å². The first-order valence-electron chi connectivity index (χ1n) is 10.6. The molecule has 0 saturated carbocycles. The molecule has 1 saturated heterocycles. The molecule has 15 heteroatoms. The van der Waals surface area contributed by atoms with Gasteiger partial charge in [0.05, 0.1) is 30.2 Å². The van der Waals surface area contributed by atoms with Crippen molar-refractivity contribution in [2.45, 2.75) is 42.1 Å². The molecule has 1 amide bonds. The predicted molar refractivity (Wildman–Crippen MR) is 119 cm³/mol. The van der Waals surface area contributed by atoms with Crippen LogP contribution in [0.15, 0.2) is 43.7 Å². The lowest BCUT2D eigenvalue weighted by Crippen LogP contribution is -2.56. The largest absolute Gasteiger partial charge is 0.373 e. The summed E-state index contributed by atoms with van der Waals surface area (Å²) in [4.78, 5) is 27.2. The molecular weight excluding hydrogens is 494 g/mol. The maximum absolute atomic E-state index is 13.6. The average Bonchev–Trinajstić information content (AvgIpc) is 3.49. The molecule has 5 rings (SSSR count). The summed E-state index contributed by atoms with van der Waals surface area (Å²) in [7, 11) is -6.52. The lowest BCUT2D eigenvalue weighted by Gasteiger charge is -2.46. The highest BCUT2D eigenvalue weighted by atomic mass is 32.5. The van der Waals surface area contributed by atoms with E-state index in [9.17, 15) is 20.3 Å². The molecule has 2 aromatic rings. The fourth-order valence-corrected chi connectivity index (χ4v) is 5.10. The molecule has 4 atom stereocenters. The molecule has 0 radical (unpaired) electrons. The van der Waals surface area contributed by atoms with Crippen molar-refractivity contribution in [3.63, 3.8) is 0 Å². The lowest BCUT2D eigenvalue weighted by molar-refractivity contribution is -0.133. The smallest absolute Gasteiger partial charge is 0.256 e. The first-order chi connectivity index (χ1) is 16.2. The Hall–Kier alpha value is -3.20. The van der Waals surface area contributed by atoms with Gasteiger partial charge in [-0.15, -0.1) is 15.5 Å². The number of carbonyl (C=O) groups excluding carboxylic acids is 1. The first kappa shape index (κ1) is 23.5. The van der Waals surface area contributed by atoms with Gasteiger partial charge in [0.2, 0.25) is 11.9 Å². The second-order valence-corrected chi connectivity index (χ2v) is 12.5. The minimum atomic E-state index is -8.24. The topological polar surface area (TPSA) is 122 Å². The van der Waals surface area contributed by atoms with E-state index in [1.54, 1.807) is 11.9 Å². The highest BCUT2D eigenvalue weighted by Gasteiger charge is 2.59. The Labute approximate surface area is 197 Å². The van der Waals surface area contributed by atoms with E-state index in [2.05, 4.69) is 20.1 Å². The summed E-state index contributed by atoms with van der Waals surface area (Å²) in [6.45, 7) is 0.147. The number of aromatic nitrogens is 2. The molecule has 10 nitrogen and oxygen atoms in total. The second kappa shape index (κ2) is 7.16. The molecule has 2 N–H and O–H groups in total. The molecule has 0 bridgehead atoms. The number of nitrogens with two attached hydrogens (primary N) is 1. The zero-order valence-electron chi connectivity index (χ0n) is 18.7. The van der Waals surface area contributed by atoms with Crippen LogP contribution in [-0.4, -0.2) is 70.3 Å². The number of halogens is 4. The molecule has 190 valence electrons. The van der Waals surface area contributed by atoms with Crippen LogP contribution >= 0.6 is 9.84 Å². The van der Waals surface area contributed by atoms with Gasteiger partial charge in [0.25, 0.3) is 5.91 Å². The van der Waals surface area contributed by atoms with Crippen LogP contribution in [0.25, 0.3) is 0 Å². The fraction of sp³-hybridized carbons (Fsp3) is 0.450. The highest BCUT2D eigenvalue weighted by molar-refractivity contribution is 8.49. The number of amides is 1. The molecule has 35 heavy (non-hydrogen) atoms. The molecule has 0 aliphatic carbocycles. The number of nitrogens with zero attached hydrogens (tertiary/aromatic N) is 6. The zero-order valence-corrected chi connectivity index (χ0v) is 19.5.